The quantitative estimate of drug-likeness (QED) is 0.867. The van der Waals surface area contributed by atoms with Crippen molar-refractivity contribution < 1.29 is 14.0 Å². The van der Waals surface area contributed by atoms with Crippen molar-refractivity contribution in [1.82, 2.24) is 10.2 Å². The van der Waals surface area contributed by atoms with Gasteiger partial charge in [-0.2, -0.15) is 0 Å². The molecule has 21 heavy (non-hydrogen) atoms. The number of carbonyl (C=O) groups is 2. The molecule has 2 N–H and O–H groups in total. The van der Waals surface area contributed by atoms with Crippen LogP contribution >= 0.6 is 0 Å². The maximum absolute atomic E-state index is 13.0. The number of carbonyl (C=O) groups excluding carboxylic acids is 2. The average molecular weight is 295 g/mol. The first kappa shape index (κ1) is 17.1. The molecule has 0 aliphatic rings. The molecule has 0 aliphatic heterocycles. The number of rotatable bonds is 5. The van der Waals surface area contributed by atoms with Gasteiger partial charge < -0.3 is 10.6 Å². The molecule has 116 valence electrons. The molecule has 2 amide bonds. The number of nitrogens with zero attached hydrogens (tertiary/aromatic N) is 1. The van der Waals surface area contributed by atoms with Gasteiger partial charge in [0.15, 0.2) is 0 Å². The second-order valence-corrected chi connectivity index (χ2v) is 6.03. The summed E-state index contributed by atoms with van der Waals surface area (Å²) in [6, 6.07) is 5.67. The monoisotopic (exact) mass is 295 g/mol. The molecule has 5 nitrogen and oxygen atoms in total. The Kier molecular flexibility index (Phi) is 5.84. The van der Waals surface area contributed by atoms with Gasteiger partial charge >= 0.3 is 0 Å². The fourth-order valence-corrected chi connectivity index (χ4v) is 1.77. The molecular weight excluding hydrogens is 273 g/mol. The normalized spacial score (nSPS) is 11.3. The molecule has 0 aromatic heterocycles. The van der Waals surface area contributed by atoms with Gasteiger partial charge in [-0.05, 0) is 46.0 Å². The number of halogens is 1. The lowest BCUT2D eigenvalue weighted by Gasteiger charge is -2.23. The summed E-state index contributed by atoms with van der Waals surface area (Å²) in [5.41, 5.74) is 0.0921. The number of hydrogen-bond acceptors (Lipinski definition) is 3. The molecule has 0 atom stereocenters. The van der Waals surface area contributed by atoms with Gasteiger partial charge in [-0.1, -0.05) is 6.07 Å². The summed E-state index contributed by atoms with van der Waals surface area (Å²) in [5.74, 6) is -0.860. The highest BCUT2D eigenvalue weighted by molar-refractivity contribution is 5.92. The minimum atomic E-state index is -0.411. The van der Waals surface area contributed by atoms with E-state index < -0.39 is 5.82 Å². The predicted molar refractivity (Wildman–Crippen MR) is 80.4 cm³/mol. The van der Waals surface area contributed by atoms with Gasteiger partial charge in [0.25, 0.3) is 0 Å². The minimum Gasteiger partial charge on any atom is -0.350 e. The molecule has 0 heterocycles. The Hall–Kier alpha value is -1.95. The van der Waals surface area contributed by atoms with Crippen molar-refractivity contribution in [2.24, 2.45) is 0 Å². The van der Waals surface area contributed by atoms with Crippen LogP contribution in [0.2, 0.25) is 0 Å². The summed E-state index contributed by atoms with van der Waals surface area (Å²) in [7, 11) is 1.67. The van der Waals surface area contributed by atoms with Crippen molar-refractivity contribution in [2.45, 2.75) is 26.3 Å². The molecule has 0 aliphatic carbocycles. The Labute approximate surface area is 124 Å². The third-order valence-corrected chi connectivity index (χ3v) is 2.45. The third-order valence-electron chi connectivity index (χ3n) is 2.45. The first-order valence-electron chi connectivity index (χ1n) is 6.71. The van der Waals surface area contributed by atoms with Crippen LogP contribution in [0.3, 0.4) is 0 Å². The Morgan fingerprint density at radius 3 is 2.38 bits per heavy atom. The summed E-state index contributed by atoms with van der Waals surface area (Å²) in [5, 5.41) is 5.40. The van der Waals surface area contributed by atoms with E-state index in [-0.39, 0.29) is 30.4 Å². The summed E-state index contributed by atoms with van der Waals surface area (Å²) in [6.45, 7) is 5.84. The van der Waals surface area contributed by atoms with Gasteiger partial charge in [0.2, 0.25) is 11.8 Å². The SMILES string of the molecule is CN(CC(=O)Nc1cccc(F)c1)CC(=O)NC(C)(C)C. The predicted octanol–water partition coefficient (Wildman–Crippen LogP) is 1.61. The van der Waals surface area contributed by atoms with E-state index in [4.69, 9.17) is 0 Å². The molecular formula is C15H22FN3O2. The van der Waals surface area contributed by atoms with Crippen LogP contribution in [0.15, 0.2) is 24.3 Å². The van der Waals surface area contributed by atoms with Crippen LogP contribution in [0.5, 0.6) is 0 Å². The molecule has 0 bridgehead atoms. The lowest BCUT2D eigenvalue weighted by molar-refractivity contribution is -0.124. The summed E-state index contributed by atoms with van der Waals surface area (Å²) in [4.78, 5) is 25.1. The number of amides is 2. The lowest BCUT2D eigenvalue weighted by atomic mass is 10.1. The number of likely N-dealkylation sites (N-methyl/N-ethyl adjacent to an activating group) is 1. The zero-order valence-corrected chi connectivity index (χ0v) is 12.9. The van der Waals surface area contributed by atoms with Crippen molar-refractivity contribution in [3.63, 3.8) is 0 Å². The second kappa shape index (κ2) is 7.17. The van der Waals surface area contributed by atoms with E-state index in [0.29, 0.717) is 5.69 Å². The van der Waals surface area contributed by atoms with Gasteiger partial charge in [-0.15, -0.1) is 0 Å². The van der Waals surface area contributed by atoms with E-state index in [1.54, 1.807) is 18.0 Å². The van der Waals surface area contributed by atoms with Gasteiger partial charge in [0, 0.05) is 11.2 Å². The minimum absolute atomic E-state index is 0.0497. The molecule has 1 aromatic rings. The largest absolute Gasteiger partial charge is 0.350 e. The van der Waals surface area contributed by atoms with Gasteiger partial charge in [0.1, 0.15) is 5.82 Å². The van der Waals surface area contributed by atoms with Gasteiger partial charge in [0.05, 0.1) is 13.1 Å². The first-order chi connectivity index (χ1) is 9.65. The number of anilines is 1. The number of benzene rings is 1. The van der Waals surface area contributed by atoms with Crippen LogP contribution in [0.1, 0.15) is 20.8 Å². The van der Waals surface area contributed by atoms with Crippen LogP contribution in [0, 0.1) is 5.82 Å². The lowest BCUT2D eigenvalue weighted by Crippen LogP contribution is -2.46. The Balaban J connectivity index is 2.42. The van der Waals surface area contributed by atoms with Crippen molar-refractivity contribution in [1.29, 1.82) is 0 Å². The number of hydrogen-bond donors (Lipinski definition) is 2. The zero-order valence-electron chi connectivity index (χ0n) is 12.9. The topological polar surface area (TPSA) is 61.4 Å². The summed E-state index contributed by atoms with van der Waals surface area (Å²) in [6.07, 6.45) is 0. The molecule has 0 saturated carbocycles. The highest BCUT2D eigenvalue weighted by Gasteiger charge is 2.16. The first-order valence-corrected chi connectivity index (χ1v) is 6.71. The fraction of sp³-hybridized carbons (Fsp3) is 0.467. The van der Waals surface area contributed by atoms with Gasteiger partial charge in [-0.3, -0.25) is 14.5 Å². The van der Waals surface area contributed by atoms with Crippen LogP contribution in [0.25, 0.3) is 0 Å². The van der Waals surface area contributed by atoms with E-state index in [1.807, 2.05) is 20.8 Å². The van der Waals surface area contributed by atoms with E-state index >= 15 is 0 Å². The molecule has 1 aromatic carbocycles. The Morgan fingerprint density at radius 2 is 1.81 bits per heavy atom. The molecule has 0 radical (unpaired) electrons. The standard InChI is InChI=1S/C15H22FN3O2/c1-15(2,3)18-14(21)10-19(4)9-13(20)17-12-7-5-6-11(16)8-12/h5-8H,9-10H2,1-4H3,(H,17,20)(H,18,21). The van der Waals surface area contributed by atoms with Crippen LogP contribution < -0.4 is 10.6 Å². The summed E-state index contributed by atoms with van der Waals surface area (Å²) < 4.78 is 13.0. The Morgan fingerprint density at radius 1 is 1.19 bits per heavy atom. The fourth-order valence-electron chi connectivity index (χ4n) is 1.77. The highest BCUT2D eigenvalue weighted by Crippen LogP contribution is 2.08. The van der Waals surface area contributed by atoms with Crippen molar-refractivity contribution in [3.8, 4) is 0 Å². The van der Waals surface area contributed by atoms with Crippen molar-refractivity contribution in [3.05, 3.63) is 30.1 Å². The maximum Gasteiger partial charge on any atom is 0.238 e. The zero-order chi connectivity index (χ0) is 16.0. The molecule has 6 heteroatoms. The molecule has 0 saturated heterocycles. The van der Waals surface area contributed by atoms with Crippen molar-refractivity contribution >= 4 is 17.5 Å². The molecule has 0 fully saturated rings. The van der Waals surface area contributed by atoms with Crippen LogP contribution in [-0.2, 0) is 9.59 Å². The van der Waals surface area contributed by atoms with E-state index in [1.165, 1.54) is 18.2 Å². The smallest absolute Gasteiger partial charge is 0.238 e. The maximum atomic E-state index is 13.0. The number of nitrogens with one attached hydrogen (secondary N) is 2. The van der Waals surface area contributed by atoms with Crippen LogP contribution in [-0.4, -0.2) is 42.4 Å². The second-order valence-electron chi connectivity index (χ2n) is 6.03. The average Bonchev–Trinajstić information content (AvgIpc) is 2.24. The molecule has 0 spiro atoms. The van der Waals surface area contributed by atoms with Crippen molar-refractivity contribution in [2.75, 3.05) is 25.5 Å². The van der Waals surface area contributed by atoms with E-state index in [0.717, 1.165) is 0 Å². The van der Waals surface area contributed by atoms with Gasteiger partial charge in [-0.25, -0.2) is 4.39 Å². The third kappa shape index (κ3) is 7.41. The Bertz CT molecular complexity index is 512. The molecule has 1 rings (SSSR count). The van der Waals surface area contributed by atoms with E-state index in [2.05, 4.69) is 10.6 Å². The van der Waals surface area contributed by atoms with E-state index in [9.17, 15) is 14.0 Å². The highest BCUT2D eigenvalue weighted by atomic mass is 19.1. The molecule has 0 unspecified atom stereocenters. The van der Waals surface area contributed by atoms with Crippen LogP contribution in [0.4, 0.5) is 10.1 Å². The summed E-state index contributed by atoms with van der Waals surface area (Å²) >= 11 is 0.